The number of rotatable bonds is 14. The molecule has 0 aromatic carbocycles. The second-order valence-electron chi connectivity index (χ2n) is 10.0. The molecule has 0 bridgehead atoms. The van der Waals surface area contributed by atoms with Crippen molar-refractivity contribution in [1.82, 2.24) is 9.80 Å². The third-order valence-electron chi connectivity index (χ3n) is 7.03. The van der Waals surface area contributed by atoms with E-state index in [1.165, 1.54) is 0 Å². The zero-order valence-electron chi connectivity index (χ0n) is 21.0. The van der Waals surface area contributed by atoms with Crippen LogP contribution in [0.25, 0.3) is 0 Å². The van der Waals surface area contributed by atoms with Crippen LogP contribution in [0.5, 0.6) is 0 Å². The molecule has 0 amide bonds. The van der Waals surface area contributed by atoms with Crippen LogP contribution in [0.1, 0.15) is 51.4 Å². The van der Waals surface area contributed by atoms with E-state index < -0.39 is 37.7 Å². The van der Waals surface area contributed by atoms with Crippen LogP contribution in [0.2, 0.25) is 0 Å². The Bertz CT molecular complexity index is 530. The lowest BCUT2D eigenvalue weighted by Crippen LogP contribution is -2.53. The Morgan fingerprint density at radius 1 is 0.714 bits per heavy atom. The van der Waals surface area contributed by atoms with Crippen molar-refractivity contribution in [2.75, 3.05) is 66.7 Å². The van der Waals surface area contributed by atoms with Gasteiger partial charge in [-0.25, -0.2) is 0 Å². The van der Waals surface area contributed by atoms with Crippen LogP contribution in [-0.2, 0) is 14.2 Å². The Labute approximate surface area is 205 Å². The highest BCUT2D eigenvalue weighted by molar-refractivity contribution is 4.84. The third-order valence-corrected chi connectivity index (χ3v) is 7.03. The average molecular weight is 521 g/mol. The molecule has 0 aromatic heterocycles. The van der Waals surface area contributed by atoms with Crippen LogP contribution in [0.4, 0.5) is 26.3 Å². The summed E-state index contributed by atoms with van der Waals surface area (Å²) >= 11 is 0. The van der Waals surface area contributed by atoms with Gasteiger partial charge in [-0.1, -0.05) is 0 Å². The first-order valence-corrected chi connectivity index (χ1v) is 12.7. The predicted molar refractivity (Wildman–Crippen MR) is 121 cm³/mol. The van der Waals surface area contributed by atoms with Gasteiger partial charge < -0.3 is 24.0 Å². The molecular formula is C24H42F6N2O3. The van der Waals surface area contributed by atoms with Crippen molar-refractivity contribution >= 4 is 0 Å². The number of hydrogen-bond acceptors (Lipinski definition) is 5. The second-order valence-corrected chi connectivity index (χ2v) is 10.0. The normalized spacial score (nSPS) is 25.0. The summed E-state index contributed by atoms with van der Waals surface area (Å²) in [7, 11) is 3.20. The van der Waals surface area contributed by atoms with Crippen LogP contribution < -0.4 is 0 Å². The number of methoxy groups -OCH3 is 2. The second kappa shape index (κ2) is 15.0. The fourth-order valence-corrected chi connectivity index (χ4v) is 5.25. The van der Waals surface area contributed by atoms with Crippen molar-refractivity contribution in [3.05, 3.63) is 0 Å². The molecule has 2 aliphatic heterocycles. The van der Waals surface area contributed by atoms with Gasteiger partial charge in [-0.2, -0.15) is 26.3 Å². The molecular weight excluding hydrogens is 478 g/mol. The Hall–Kier alpha value is -0.620. The standard InChI is InChI=1S/C24H42F6N2O3/c1-33-13-5-9-19-7-3-11-31(15-19)17-21(23(25,26)27)35-22(24(28,29)30)18-32-12-4-8-20(16-32)10-6-14-34-2/h19-22H,3-18H2,1-2H3. The van der Waals surface area contributed by atoms with Gasteiger partial charge in [0.05, 0.1) is 0 Å². The average Bonchev–Trinajstić information content (AvgIpc) is 2.78. The summed E-state index contributed by atoms with van der Waals surface area (Å²) in [5.41, 5.74) is 0. The number of ether oxygens (including phenoxy) is 3. The maximum Gasteiger partial charge on any atom is 0.415 e. The summed E-state index contributed by atoms with van der Waals surface area (Å²) in [6.45, 7) is 1.76. The molecule has 0 saturated carbocycles. The van der Waals surface area contributed by atoms with Gasteiger partial charge in [0, 0.05) is 53.6 Å². The largest absolute Gasteiger partial charge is 0.415 e. The van der Waals surface area contributed by atoms with E-state index in [2.05, 4.69) is 0 Å². The minimum atomic E-state index is -4.88. The molecule has 2 heterocycles. The monoisotopic (exact) mass is 520 g/mol. The minimum Gasteiger partial charge on any atom is -0.385 e. The molecule has 0 spiro atoms. The first-order valence-electron chi connectivity index (χ1n) is 12.7. The zero-order chi connectivity index (χ0) is 25.9. The van der Waals surface area contributed by atoms with Gasteiger partial charge in [-0.3, -0.25) is 0 Å². The minimum absolute atomic E-state index is 0.217. The van der Waals surface area contributed by atoms with Gasteiger partial charge >= 0.3 is 12.4 Å². The molecule has 2 aliphatic rings. The Kier molecular flexibility index (Phi) is 13.1. The van der Waals surface area contributed by atoms with Crippen molar-refractivity contribution in [1.29, 1.82) is 0 Å². The van der Waals surface area contributed by atoms with Crippen molar-refractivity contribution in [3.63, 3.8) is 0 Å². The van der Waals surface area contributed by atoms with E-state index in [-0.39, 0.29) is 11.8 Å². The Morgan fingerprint density at radius 2 is 1.11 bits per heavy atom. The van der Waals surface area contributed by atoms with E-state index in [0.717, 1.165) is 51.4 Å². The van der Waals surface area contributed by atoms with Crippen molar-refractivity contribution in [3.8, 4) is 0 Å². The molecule has 0 N–H and O–H groups in total. The molecule has 35 heavy (non-hydrogen) atoms. The highest BCUT2D eigenvalue weighted by Gasteiger charge is 2.50. The molecule has 0 aliphatic carbocycles. The van der Waals surface area contributed by atoms with Gasteiger partial charge in [0.25, 0.3) is 0 Å². The van der Waals surface area contributed by atoms with Gasteiger partial charge in [0.2, 0.25) is 0 Å². The van der Waals surface area contributed by atoms with E-state index in [4.69, 9.17) is 14.2 Å². The van der Waals surface area contributed by atoms with E-state index in [0.29, 0.717) is 39.4 Å². The highest BCUT2D eigenvalue weighted by atomic mass is 19.4. The molecule has 208 valence electrons. The summed E-state index contributed by atoms with van der Waals surface area (Å²) in [5.74, 6) is 0.434. The molecule has 2 saturated heterocycles. The predicted octanol–water partition coefficient (Wildman–Crippen LogP) is 5.14. The van der Waals surface area contributed by atoms with E-state index >= 15 is 0 Å². The molecule has 4 unspecified atom stereocenters. The lowest BCUT2D eigenvalue weighted by atomic mass is 9.93. The summed E-state index contributed by atoms with van der Waals surface area (Å²) < 4.78 is 97.9. The van der Waals surface area contributed by atoms with Crippen molar-refractivity contribution in [2.24, 2.45) is 11.8 Å². The number of hydrogen-bond donors (Lipinski definition) is 0. The molecule has 5 nitrogen and oxygen atoms in total. The quantitative estimate of drug-likeness (QED) is 0.234. The molecule has 0 radical (unpaired) electrons. The van der Waals surface area contributed by atoms with Gasteiger partial charge in [-0.05, 0) is 76.3 Å². The first kappa shape index (κ1) is 30.6. The van der Waals surface area contributed by atoms with E-state index in [9.17, 15) is 26.3 Å². The lowest BCUT2D eigenvalue weighted by molar-refractivity contribution is -0.291. The topological polar surface area (TPSA) is 34.2 Å². The number of piperidine rings is 2. The molecule has 0 aromatic rings. The Morgan fingerprint density at radius 3 is 1.46 bits per heavy atom. The number of nitrogens with zero attached hydrogens (tertiary/aromatic N) is 2. The van der Waals surface area contributed by atoms with Crippen molar-refractivity contribution < 1.29 is 40.6 Å². The van der Waals surface area contributed by atoms with E-state index in [1.807, 2.05) is 0 Å². The number of halogens is 6. The lowest BCUT2D eigenvalue weighted by Gasteiger charge is -2.38. The SMILES string of the molecule is COCCCC1CCCN(CC(OC(CN2CCCC(CCCOC)C2)C(F)(F)F)C(F)(F)F)C1. The van der Waals surface area contributed by atoms with Gasteiger partial charge in [-0.15, -0.1) is 0 Å². The van der Waals surface area contributed by atoms with Gasteiger partial charge in [0.15, 0.2) is 12.2 Å². The highest BCUT2D eigenvalue weighted by Crippen LogP contribution is 2.33. The van der Waals surface area contributed by atoms with Crippen LogP contribution in [0.15, 0.2) is 0 Å². The van der Waals surface area contributed by atoms with Gasteiger partial charge in [0.1, 0.15) is 0 Å². The number of alkyl halides is 6. The molecule has 4 atom stereocenters. The maximum atomic E-state index is 13.8. The van der Waals surface area contributed by atoms with Crippen LogP contribution in [-0.4, -0.2) is 101 Å². The fraction of sp³-hybridized carbons (Fsp3) is 1.00. The van der Waals surface area contributed by atoms with Crippen LogP contribution >= 0.6 is 0 Å². The summed E-state index contributed by atoms with van der Waals surface area (Å²) in [6, 6.07) is 0. The Balaban J connectivity index is 1.99. The first-order chi connectivity index (χ1) is 16.5. The van der Waals surface area contributed by atoms with E-state index in [1.54, 1.807) is 24.0 Å². The van der Waals surface area contributed by atoms with Crippen molar-refractivity contribution in [2.45, 2.75) is 75.9 Å². The van der Waals surface area contributed by atoms with Crippen LogP contribution in [0.3, 0.4) is 0 Å². The summed E-state index contributed by atoms with van der Waals surface area (Å²) in [5, 5.41) is 0. The molecule has 2 fully saturated rings. The fourth-order valence-electron chi connectivity index (χ4n) is 5.25. The number of likely N-dealkylation sites (tertiary alicyclic amines) is 2. The third kappa shape index (κ3) is 11.5. The van der Waals surface area contributed by atoms with Crippen LogP contribution in [0, 0.1) is 11.8 Å². The zero-order valence-corrected chi connectivity index (χ0v) is 21.0. The molecule has 11 heteroatoms. The molecule has 2 rings (SSSR count). The summed E-state index contributed by atoms with van der Waals surface area (Å²) in [4.78, 5) is 3.22. The summed E-state index contributed by atoms with van der Waals surface area (Å²) in [6.07, 6.45) is -8.17. The smallest absolute Gasteiger partial charge is 0.385 e. The maximum absolute atomic E-state index is 13.8.